The van der Waals surface area contributed by atoms with Crippen LogP contribution in [-0.4, -0.2) is 34.0 Å². The highest BCUT2D eigenvalue weighted by Crippen LogP contribution is 2.76. The van der Waals surface area contributed by atoms with Crippen molar-refractivity contribution in [3.8, 4) is 0 Å². The molecule has 1 N–H and O–H groups in total. The van der Waals surface area contributed by atoms with Crippen LogP contribution in [0.3, 0.4) is 0 Å². The minimum Gasteiger partial charge on any atom is -0.452 e. The molecule has 2 spiro atoms. The smallest absolute Gasteiger partial charge is 0.312 e. The first-order valence-corrected chi connectivity index (χ1v) is 7.34. The number of carbonyl (C=O) groups is 1. The summed E-state index contributed by atoms with van der Waals surface area (Å²) in [6, 6.07) is 0. The largest absolute Gasteiger partial charge is 0.452 e. The number of aliphatic hydroxyl groups is 1. The van der Waals surface area contributed by atoms with Crippen molar-refractivity contribution in [3.63, 3.8) is 0 Å². The number of rotatable bonds is 0. The van der Waals surface area contributed by atoms with Gasteiger partial charge in [-0.1, -0.05) is 20.8 Å². The zero-order valence-electron chi connectivity index (χ0n) is 12.0. The molecule has 2 aliphatic carbocycles. The highest BCUT2D eigenvalue weighted by molar-refractivity contribution is 5.79. The first-order valence-electron chi connectivity index (χ1n) is 7.34. The fraction of sp³-hybridized carbons (Fsp3) is 0.933. The Balaban J connectivity index is 1.93. The van der Waals surface area contributed by atoms with Crippen LogP contribution in [0, 0.1) is 17.3 Å². The lowest BCUT2D eigenvalue weighted by atomic mass is 9.59. The maximum atomic E-state index is 12.1. The van der Waals surface area contributed by atoms with Gasteiger partial charge in [-0.25, -0.2) is 0 Å². The quantitative estimate of drug-likeness (QED) is 0.535. The molecule has 4 rings (SSSR count). The van der Waals surface area contributed by atoms with Crippen LogP contribution < -0.4 is 0 Å². The summed E-state index contributed by atoms with van der Waals surface area (Å²) in [5.41, 5.74) is -2.36. The van der Waals surface area contributed by atoms with E-state index in [1.807, 2.05) is 0 Å². The van der Waals surface area contributed by atoms with Crippen molar-refractivity contribution in [3.05, 3.63) is 0 Å². The van der Waals surface area contributed by atoms with Crippen LogP contribution in [0.25, 0.3) is 0 Å². The molecule has 0 aromatic rings. The summed E-state index contributed by atoms with van der Waals surface area (Å²) >= 11 is 0. The van der Waals surface area contributed by atoms with Crippen LogP contribution in [0.1, 0.15) is 47.0 Å². The predicted molar refractivity (Wildman–Crippen MR) is 67.3 cm³/mol. The lowest BCUT2D eigenvalue weighted by Crippen LogP contribution is -2.66. The topological polar surface area (TPSA) is 59.1 Å². The van der Waals surface area contributed by atoms with Gasteiger partial charge in [0.2, 0.25) is 0 Å². The van der Waals surface area contributed by atoms with Crippen molar-refractivity contribution >= 4 is 5.97 Å². The van der Waals surface area contributed by atoms with Crippen LogP contribution in [0.5, 0.6) is 0 Å². The van der Waals surface area contributed by atoms with Crippen molar-refractivity contribution < 1.29 is 19.4 Å². The van der Waals surface area contributed by atoms with Gasteiger partial charge in [0.15, 0.2) is 5.60 Å². The maximum absolute atomic E-state index is 12.1. The summed E-state index contributed by atoms with van der Waals surface area (Å²) < 4.78 is 11.9. The number of hydrogen-bond donors (Lipinski definition) is 1. The molecule has 6 atom stereocenters. The average molecular weight is 266 g/mol. The Morgan fingerprint density at radius 1 is 1.32 bits per heavy atom. The van der Waals surface area contributed by atoms with E-state index in [-0.39, 0.29) is 17.5 Å². The van der Waals surface area contributed by atoms with Gasteiger partial charge in [-0.2, -0.15) is 0 Å². The molecule has 2 aliphatic heterocycles. The van der Waals surface area contributed by atoms with E-state index >= 15 is 0 Å². The Morgan fingerprint density at radius 3 is 2.63 bits per heavy atom. The molecule has 0 radical (unpaired) electrons. The lowest BCUT2D eigenvalue weighted by molar-refractivity contribution is -0.210. The molecule has 0 unspecified atom stereocenters. The van der Waals surface area contributed by atoms with Crippen molar-refractivity contribution in [1.29, 1.82) is 0 Å². The molecule has 0 aromatic carbocycles. The molecule has 2 heterocycles. The predicted octanol–water partition coefficient (Wildman–Crippen LogP) is 1.65. The molecule has 4 nitrogen and oxygen atoms in total. The number of carbonyl (C=O) groups excluding carboxylic acids is 1. The monoisotopic (exact) mass is 266 g/mol. The van der Waals surface area contributed by atoms with Crippen LogP contribution >= 0.6 is 0 Å². The van der Waals surface area contributed by atoms with Gasteiger partial charge in [0.25, 0.3) is 0 Å². The van der Waals surface area contributed by atoms with Gasteiger partial charge in [0.1, 0.15) is 11.2 Å². The highest BCUT2D eigenvalue weighted by Gasteiger charge is 2.91. The molecule has 4 heteroatoms. The van der Waals surface area contributed by atoms with Crippen LogP contribution in [-0.2, 0) is 14.3 Å². The number of hydrogen-bond acceptors (Lipinski definition) is 4. The number of esters is 1. The Kier molecular flexibility index (Phi) is 1.83. The summed E-state index contributed by atoms with van der Waals surface area (Å²) in [4.78, 5) is 12.1. The van der Waals surface area contributed by atoms with Gasteiger partial charge in [0, 0.05) is 6.42 Å². The van der Waals surface area contributed by atoms with Crippen molar-refractivity contribution in [2.75, 3.05) is 0 Å². The van der Waals surface area contributed by atoms with E-state index in [4.69, 9.17) is 9.47 Å². The van der Waals surface area contributed by atoms with Crippen molar-refractivity contribution in [2.24, 2.45) is 17.3 Å². The third-order valence-electron chi connectivity index (χ3n) is 6.43. The second-order valence-electron chi connectivity index (χ2n) is 7.79. The minimum absolute atomic E-state index is 0.0447. The molecule has 106 valence electrons. The molecule has 0 bridgehead atoms. The molecule has 0 amide bonds. The van der Waals surface area contributed by atoms with E-state index in [1.54, 1.807) is 6.92 Å². The normalized spacial score (nSPS) is 61.1. The molecule has 19 heavy (non-hydrogen) atoms. The Hall–Kier alpha value is -0.610. The molecule has 4 aliphatic rings. The Morgan fingerprint density at radius 2 is 2.00 bits per heavy atom. The number of epoxide rings is 1. The third kappa shape index (κ3) is 0.963. The summed E-state index contributed by atoms with van der Waals surface area (Å²) in [5.74, 6) is -0.379. The fourth-order valence-electron chi connectivity index (χ4n) is 5.42. The van der Waals surface area contributed by atoms with Gasteiger partial charge < -0.3 is 14.6 Å². The van der Waals surface area contributed by atoms with Crippen LogP contribution in [0.15, 0.2) is 0 Å². The fourth-order valence-corrected chi connectivity index (χ4v) is 5.42. The molecule has 0 aromatic heterocycles. The summed E-state index contributed by atoms with van der Waals surface area (Å²) in [7, 11) is 0. The van der Waals surface area contributed by atoms with Gasteiger partial charge in [-0.05, 0) is 31.1 Å². The third-order valence-corrected chi connectivity index (χ3v) is 6.43. The van der Waals surface area contributed by atoms with E-state index in [0.717, 1.165) is 6.42 Å². The van der Waals surface area contributed by atoms with Crippen LogP contribution in [0.2, 0.25) is 0 Å². The molecule has 2 saturated heterocycles. The first-order chi connectivity index (χ1) is 8.71. The van der Waals surface area contributed by atoms with E-state index in [0.29, 0.717) is 18.8 Å². The second kappa shape index (κ2) is 2.86. The van der Waals surface area contributed by atoms with E-state index < -0.39 is 22.7 Å². The molecule has 2 saturated carbocycles. The zero-order valence-corrected chi connectivity index (χ0v) is 12.0. The molecule has 4 fully saturated rings. The summed E-state index contributed by atoms with van der Waals surface area (Å²) in [5, 5.41) is 11.2. The zero-order chi connectivity index (χ0) is 13.8. The number of ether oxygens (including phenoxy) is 2. The SMILES string of the molecule is C[C@@H]1CC[C@]2(O)[C@H](C)C(=O)O[C@@]23CC(C)(C)[C@H]2O[C@]123. The maximum Gasteiger partial charge on any atom is 0.312 e. The van der Waals surface area contributed by atoms with Gasteiger partial charge in [0.05, 0.1) is 12.0 Å². The highest BCUT2D eigenvalue weighted by atomic mass is 16.7. The first kappa shape index (κ1) is 12.2. The lowest BCUT2D eigenvalue weighted by Gasteiger charge is -2.50. The van der Waals surface area contributed by atoms with Gasteiger partial charge >= 0.3 is 5.97 Å². The Labute approximate surface area is 113 Å². The molecular formula is C15H22O4. The summed E-state index contributed by atoms with van der Waals surface area (Å²) in [6.45, 7) is 8.27. The minimum atomic E-state index is -1.06. The van der Waals surface area contributed by atoms with Crippen molar-refractivity contribution in [1.82, 2.24) is 0 Å². The van der Waals surface area contributed by atoms with E-state index in [2.05, 4.69) is 20.8 Å². The van der Waals surface area contributed by atoms with Crippen LogP contribution in [0.4, 0.5) is 0 Å². The van der Waals surface area contributed by atoms with Crippen molar-refractivity contribution in [2.45, 2.75) is 69.9 Å². The Bertz CT molecular complexity index is 487. The molecular weight excluding hydrogens is 244 g/mol. The second-order valence-corrected chi connectivity index (χ2v) is 7.79. The summed E-state index contributed by atoms with van der Waals surface area (Å²) in [6.07, 6.45) is 2.35. The standard InChI is InChI=1S/C15H22O4/c1-8-5-6-13(17)9(2)10(16)18-14(13)7-12(3,4)11-15(8,14)19-11/h8-9,11,17H,5-7H2,1-4H3/t8-,9-,11-,13+,14+,15-/m1/s1. The van der Waals surface area contributed by atoms with Gasteiger partial charge in [-0.3, -0.25) is 4.79 Å². The average Bonchev–Trinajstić information content (AvgIpc) is 3.00. The van der Waals surface area contributed by atoms with E-state index in [9.17, 15) is 9.90 Å². The van der Waals surface area contributed by atoms with E-state index in [1.165, 1.54) is 0 Å². The van der Waals surface area contributed by atoms with Gasteiger partial charge in [-0.15, -0.1) is 0 Å².